The molecule has 26 heavy (non-hydrogen) atoms. The van der Waals surface area contributed by atoms with Gasteiger partial charge in [0.25, 0.3) is 0 Å². The molecule has 0 saturated heterocycles. The highest BCUT2D eigenvalue weighted by Crippen LogP contribution is 2.06. The minimum atomic E-state index is -0.269. The van der Waals surface area contributed by atoms with Crippen LogP contribution >= 0.6 is 0 Å². The fourth-order valence-corrected chi connectivity index (χ4v) is 2.82. The standard InChI is InChI=1S/C21H37N2O2.BrH/c1-4-5-6-11-14-22-16-17-23(19-22)15-12-9-7-8-10-13-18-25-21(24)20(2)3;/h16-17,19H,2,4-15,18H2,1,3H3;1H/q+1;/p-1. The molecule has 0 unspecified atom stereocenters. The zero-order valence-corrected chi connectivity index (χ0v) is 18.3. The molecular formula is C21H37BrN2O2. The molecule has 0 radical (unpaired) electrons. The summed E-state index contributed by atoms with van der Waals surface area (Å²) < 4.78 is 9.70. The van der Waals surface area contributed by atoms with Gasteiger partial charge in [-0.3, -0.25) is 0 Å². The molecule has 0 atom stereocenters. The van der Waals surface area contributed by atoms with E-state index in [-0.39, 0.29) is 23.0 Å². The van der Waals surface area contributed by atoms with Gasteiger partial charge < -0.3 is 21.7 Å². The fraction of sp³-hybridized carbons (Fsp3) is 0.714. The Hall–Kier alpha value is -1.10. The Kier molecular flexibility index (Phi) is 15.4. The van der Waals surface area contributed by atoms with Crippen LogP contribution in [0.4, 0.5) is 0 Å². The monoisotopic (exact) mass is 428 g/mol. The molecule has 0 spiro atoms. The van der Waals surface area contributed by atoms with Crippen LogP contribution in [0.15, 0.2) is 30.9 Å². The zero-order chi connectivity index (χ0) is 18.3. The van der Waals surface area contributed by atoms with E-state index < -0.39 is 0 Å². The molecule has 1 rings (SSSR count). The second kappa shape index (κ2) is 16.1. The third kappa shape index (κ3) is 12.3. The van der Waals surface area contributed by atoms with Gasteiger partial charge in [-0.2, -0.15) is 0 Å². The average Bonchev–Trinajstić information content (AvgIpc) is 3.04. The Morgan fingerprint density at radius 2 is 1.69 bits per heavy atom. The van der Waals surface area contributed by atoms with Crippen LogP contribution in [0.25, 0.3) is 0 Å². The van der Waals surface area contributed by atoms with Crippen molar-refractivity contribution in [3.05, 3.63) is 30.9 Å². The maximum atomic E-state index is 11.2. The fourth-order valence-electron chi connectivity index (χ4n) is 2.82. The van der Waals surface area contributed by atoms with Crippen LogP contribution < -0.4 is 21.5 Å². The molecule has 0 amide bonds. The second-order valence-electron chi connectivity index (χ2n) is 6.99. The molecule has 0 fully saturated rings. The Labute approximate surface area is 170 Å². The third-order valence-electron chi connectivity index (χ3n) is 4.41. The van der Waals surface area contributed by atoms with E-state index in [1.807, 2.05) is 0 Å². The van der Waals surface area contributed by atoms with E-state index in [9.17, 15) is 4.79 Å². The summed E-state index contributed by atoms with van der Waals surface area (Å²) in [4.78, 5) is 11.2. The van der Waals surface area contributed by atoms with Gasteiger partial charge in [-0.25, -0.2) is 13.9 Å². The van der Waals surface area contributed by atoms with Crippen molar-refractivity contribution >= 4 is 5.97 Å². The molecule has 0 aliphatic rings. The van der Waals surface area contributed by atoms with Crippen LogP contribution in [0.5, 0.6) is 0 Å². The normalized spacial score (nSPS) is 10.4. The second-order valence-corrected chi connectivity index (χ2v) is 6.99. The number of halogens is 1. The molecule has 150 valence electrons. The van der Waals surface area contributed by atoms with Gasteiger partial charge in [0.1, 0.15) is 12.4 Å². The number of rotatable bonds is 15. The van der Waals surface area contributed by atoms with Crippen LogP contribution in [0, 0.1) is 0 Å². The maximum Gasteiger partial charge on any atom is 0.333 e. The van der Waals surface area contributed by atoms with Gasteiger partial charge in [0.2, 0.25) is 6.33 Å². The molecular weight excluding hydrogens is 392 g/mol. The lowest BCUT2D eigenvalue weighted by molar-refractivity contribution is -0.696. The van der Waals surface area contributed by atoms with Crippen molar-refractivity contribution in [2.75, 3.05) is 6.61 Å². The zero-order valence-electron chi connectivity index (χ0n) is 16.7. The van der Waals surface area contributed by atoms with E-state index in [2.05, 4.69) is 41.4 Å². The number of carbonyl (C=O) groups is 1. The first-order chi connectivity index (χ1) is 12.1. The molecule has 0 aliphatic carbocycles. The summed E-state index contributed by atoms with van der Waals surface area (Å²) in [6.07, 6.45) is 18.9. The van der Waals surface area contributed by atoms with Crippen molar-refractivity contribution in [1.29, 1.82) is 0 Å². The predicted octanol–water partition coefficient (Wildman–Crippen LogP) is 1.82. The van der Waals surface area contributed by atoms with Gasteiger partial charge in [0, 0.05) is 5.57 Å². The van der Waals surface area contributed by atoms with E-state index in [0.29, 0.717) is 12.2 Å². The SMILES string of the molecule is C=C(C)C(=O)OCCCCCCCC[n+]1ccn(CCCCCC)c1.[Br-]. The quantitative estimate of drug-likeness (QED) is 0.185. The van der Waals surface area contributed by atoms with Crippen LogP contribution in [0.2, 0.25) is 0 Å². The number of aryl methyl sites for hydroxylation is 2. The molecule has 0 bridgehead atoms. The number of imidazole rings is 1. The molecule has 4 nitrogen and oxygen atoms in total. The Bertz CT molecular complexity index is 500. The molecule has 1 aromatic heterocycles. The molecule has 0 aromatic carbocycles. The van der Waals surface area contributed by atoms with Crippen molar-refractivity contribution in [2.24, 2.45) is 0 Å². The molecule has 1 heterocycles. The number of hydrogen-bond acceptors (Lipinski definition) is 2. The number of aromatic nitrogens is 2. The number of esters is 1. The lowest BCUT2D eigenvalue weighted by Crippen LogP contribution is -3.00. The summed E-state index contributed by atoms with van der Waals surface area (Å²) in [5.74, 6) is -0.269. The van der Waals surface area contributed by atoms with Gasteiger partial charge in [0.15, 0.2) is 0 Å². The van der Waals surface area contributed by atoms with Crippen LogP contribution in [-0.4, -0.2) is 17.1 Å². The Morgan fingerprint density at radius 3 is 2.38 bits per heavy atom. The minimum absolute atomic E-state index is 0. The summed E-state index contributed by atoms with van der Waals surface area (Å²) in [6.45, 7) is 10.3. The maximum absolute atomic E-state index is 11.2. The van der Waals surface area contributed by atoms with E-state index >= 15 is 0 Å². The molecule has 5 heteroatoms. The van der Waals surface area contributed by atoms with Crippen molar-refractivity contribution in [3.63, 3.8) is 0 Å². The first kappa shape index (κ1) is 24.9. The highest BCUT2D eigenvalue weighted by molar-refractivity contribution is 5.86. The summed E-state index contributed by atoms with van der Waals surface area (Å²) in [5.41, 5.74) is 0.479. The average molecular weight is 429 g/mol. The smallest absolute Gasteiger partial charge is 0.333 e. The first-order valence-corrected chi connectivity index (χ1v) is 10.0. The number of unbranched alkanes of at least 4 members (excludes halogenated alkanes) is 8. The topological polar surface area (TPSA) is 35.1 Å². The van der Waals surface area contributed by atoms with Crippen molar-refractivity contribution in [1.82, 2.24) is 4.57 Å². The van der Waals surface area contributed by atoms with Crippen molar-refractivity contribution < 1.29 is 31.1 Å². The summed E-state index contributed by atoms with van der Waals surface area (Å²) in [7, 11) is 0. The summed E-state index contributed by atoms with van der Waals surface area (Å²) in [6, 6.07) is 0. The summed E-state index contributed by atoms with van der Waals surface area (Å²) >= 11 is 0. The van der Waals surface area contributed by atoms with Crippen molar-refractivity contribution in [3.8, 4) is 0 Å². The number of carbonyl (C=O) groups excluding carboxylic acids is 1. The molecule has 0 N–H and O–H groups in total. The Morgan fingerprint density at radius 1 is 1.04 bits per heavy atom. The lowest BCUT2D eigenvalue weighted by Gasteiger charge is -2.04. The third-order valence-corrected chi connectivity index (χ3v) is 4.41. The van der Waals surface area contributed by atoms with E-state index in [1.165, 1.54) is 51.4 Å². The largest absolute Gasteiger partial charge is 1.00 e. The number of nitrogens with zero attached hydrogens (tertiary/aromatic N) is 2. The number of hydrogen-bond donors (Lipinski definition) is 0. The van der Waals surface area contributed by atoms with Gasteiger partial charge in [-0.15, -0.1) is 0 Å². The van der Waals surface area contributed by atoms with E-state index in [0.717, 1.165) is 25.9 Å². The minimum Gasteiger partial charge on any atom is -1.00 e. The Balaban J connectivity index is 0.00000625. The lowest BCUT2D eigenvalue weighted by atomic mass is 10.1. The highest BCUT2D eigenvalue weighted by Gasteiger charge is 2.04. The van der Waals surface area contributed by atoms with Crippen LogP contribution in [-0.2, 0) is 22.6 Å². The van der Waals surface area contributed by atoms with Gasteiger partial charge in [-0.05, 0) is 39.0 Å². The number of ether oxygens (including phenoxy) is 1. The van der Waals surface area contributed by atoms with Crippen molar-refractivity contribution in [2.45, 2.75) is 91.1 Å². The molecule has 0 aliphatic heterocycles. The molecule has 1 aromatic rings. The predicted molar refractivity (Wildman–Crippen MR) is 102 cm³/mol. The van der Waals surface area contributed by atoms with Gasteiger partial charge >= 0.3 is 5.97 Å². The van der Waals surface area contributed by atoms with Crippen LogP contribution in [0.1, 0.15) is 78.1 Å². The summed E-state index contributed by atoms with van der Waals surface area (Å²) in [5, 5.41) is 0. The van der Waals surface area contributed by atoms with E-state index in [1.54, 1.807) is 6.92 Å². The van der Waals surface area contributed by atoms with Crippen LogP contribution in [0.3, 0.4) is 0 Å². The van der Waals surface area contributed by atoms with E-state index in [4.69, 9.17) is 4.74 Å². The first-order valence-electron chi connectivity index (χ1n) is 10.0. The highest BCUT2D eigenvalue weighted by atomic mass is 79.9. The van der Waals surface area contributed by atoms with Gasteiger partial charge in [0.05, 0.1) is 19.7 Å². The molecule has 0 saturated carbocycles. The van der Waals surface area contributed by atoms with Gasteiger partial charge in [-0.1, -0.05) is 45.6 Å².